The summed E-state index contributed by atoms with van der Waals surface area (Å²) in [6.07, 6.45) is 2.00. The van der Waals surface area contributed by atoms with E-state index in [2.05, 4.69) is 323 Å². The topological polar surface area (TPSA) is 74.3 Å². The monoisotopic (exact) mass is 1190 g/mol. The SMILES string of the molecule is CC(C)(C)c1ccc2c(c1)c1cc(C(C)(C)C)ccc1n2-c1ccc(-c2ccc(-c3ccc(-n4c5ccc(C(C)(C)C)cc5c5cc(C(C)(C)C)ccc54)c4nc(-c5ccccc5)c(-c5ccccc5)nc34)nc2)c2nc(-c3ccccc3)c(-c3ccccc3)nc12. The van der Waals surface area contributed by atoms with Gasteiger partial charge in [0.05, 0.1) is 67.4 Å². The lowest BCUT2D eigenvalue weighted by atomic mass is 9.85. The molecule has 0 spiro atoms. The molecule has 0 radical (unpaired) electrons. The first-order chi connectivity index (χ1) is 44.2. The van der Waals surface area contributed by atoms with Gasteiger partial charge in [0, 0.05) is 66.7 Å². The van der Waals surface area contributed by atoms with Crippen molar-refractivity contribution in [3.8, 4) is 78.8 Å². The third-order valence-electron chi connectivity index (χ3n) is 18.6. The molecule has 0 aliphatic heterocycles. The van der Waals surface area contributed by atoms with E-state index in [-0.39, 0.29) is 21.7 Å². The average molecular weight is 1190 g/mol. The minimum Gasteiger partial charge on any atom is -0.307 e. The Morgan fingerprint density at radius 1 is 0.261 bits per heavy atom. The zero-order valence-electron chi connectivity index (χ0n) is 54.6. The molecule has 0 aliphatic rings. The number of rotatable bonds is 8. The minimum atomic E-state index is -0.0481. The molecule has 7 nitrogen and oxygen atoms in total. The number of nitrogens with zero attached hydrogens (tertiary/aromatic N) is 7. The molecule has 0 N–H and O–H groups in total. The van der Waals surface area contributed by atoms with Crippen molar-refractivity contribution in [2.24, 2.45) is 0 Å². The molecule has 0 unspecified atom stereocenters. The van der Waals surface area contributed by atoms with Crippen LogP contribution in [0.5, 0.6) is 0 Å². The maximum Gasteiger partial charge on any atom is 0.114 e. The van der Waals surface area contributed by atoms with Crippen LogP contribution in [0.15, 0.2) is 237 Å². The highest BCUT2D eigenvalue weighted by Gasteiger charge is 2.28. The molecule has 7 heteroatoms. The number of benzene rings is 10. The maximum absolute atomic E-state index is 5.83. The molecular formula is C85H75N7. The standard InChI is InChI=1S/C85H75N7/c1-82(2,3)57-34-41-68-63(47-57)64-48-58(83(4,5)6)35-42-69(64)91(68)72-45-38-61(78-80(72)89-76(54-29-21-15-22-30-54)74(87-78)52-25-17-13-18-26-52)56-33-40-67(86-51-56)62-39-46-73(81-79(62)88-75(53-27-19-14-20-28-53)77(90-81)55-31-23-16-24-32-55)92-70-43-36-59(84(7,8)9)49-65(70)66-50-60(85(10,11)12)37-44-71(66)92/h13-51H,1-12H3. The molecule has 5 heterocycles. The van der Waals surface area contributed by atoms with Gasteiger partial charge >= 0.3 is 0 Å². The Hall–Kier alpha value is -10.4. The van der Waals surface area contributed by atoms with E-state index >= 15 is 0 Å². The average Bonchev–Trinajstić information content (AvgIpc) is 1.51. The van der Waals surface area contributed by atoms with Gasteiger partial charge in [0.2, 0.25) is 0 Å². The predicted molar refractivity (Wildman–Crippen MR) is 387 cm³/mol. The largest absolute Gasteiger partial charge is 0.307 e. The first-order valence-electron chi connectivity index (χ1n) is 32.2. The van der Waals surface area contributed by atoms with Crippen LogP contribution < -0.4 is 0 Å². The molecule has 0 saturated heterocycles. The maximum atomic E-state index is 5.83. The molecule has 0 fully saturated rings. The van der Waals surface area contributed by atoms with Gasteiger partial charge in [-0.3, -0.25) is 4.98 Å². The van der Waals surface area contributed by atoms with Crippen LogP contribution in [0, 0.1) is 0 Å². The van der Waals surface area contributed by atoms with Gasteiger partial charge in [0.25, 0.3) is 0 Å². The van der Waals surface area contributed by atoms with Crippen LogP contribution in [0.2, 0.25) is 0 Å². The molecule has 15 rings (SSSR count). The molecule has 10 aromatic carbocycles. The zero-order chi connectivity index (χ0) is 63.6. The van der Waals surface area contributed by atoms with Crippen molar-refractivity contribution < 1.29 is 0 Å². The lowest BCUT2D eigenvalue weighted by molar-refractivity contribution is 0.590. The quantitative estimate of drug-likeness (QED) is 0.152. The minimum absolute atomic E-state index is 0.0471. The molecule has 15 aromatic rings. The molecular weight excluding hydrogens is 1120 g/mol. The van der Waals surface area contributed by atoms with Crippen molar-refractivity contribution in [3.63, 3.8) is 0 Å². The third kappa shape index (κ3) is 10.0. The number of aromatic nitrogens is 7. The fourth-order valence-electron chi connectivity index (χ4n) is 13.4. The van der Waals surface area contributed by atoms with E-state index in [1.165, 1.54) is 43.8 Å². The summed E-state index contributed by atoms with van der Waals surface area (Å²) in [7, 11) is 0. The summed E-state index contributed by atoms with van der Waals surface area (Å²) in [5.74, 6) is 0. The Balaban J connectivity index is 0.970. The molecule has 92 heavy (non-hydrogen) atoms. The van der Waals surface area contributed by atoms with Crippen LogP contribution in [-0.2, 0) is 21.7 Å². The first-order valence-corrected chi connectivity index (χ1v) is 32.2. The van der Waals surface area contributed by atoms with Gasteiger partial charge in [-0.1, -0.05) is 235 Å². The highest BCUT2D eigenvalue weighted by molar-refractivity contribution is 6.13. The van der Waals surface area contributed by atoms with Crippen molar-refractivity contribution in [3.05, 3.63) is 259 Å². The van der Waals surface area contributed by atoms with E-state index in [1.807, 2.05) is 6.20 Å². The molecule has 0 atom stereocenters. The third-order valence-corrected chi connectivity index (χ3v) is 18.6. The Labute approximate surface area is 539 Å². The second-order valence-corrected chi connectivity index (χ2v) is 29.0. The smallest absolute Gasteiger partial charge is 0.114 e. The Morgan fingerprint density at radius 2 is 0.554 bits per heavy atom. The van der Waals surface area contributed by atoms with Gasteiger partial charge in [0.1, 0.15) is 16.6 Å². The van der Waals surface area contributed by atoms with Gasteiger partial charge in [0.15, 0.2) is 0 Å². The van der Waals surface area contributed by atoms with E-state index in [4.69, 9.17) is 24.9 Å². The second kappa shape index (κ2) is 21.7. The summed E-state index contributed by atoms with van der Waals surface area (Å²) in [4.78, 5) is 28.7. The second-order valence-electron chi connectivity index (χ2n) is 29.0. The van der Waals surface area contributed by atoms with Crippen molar-refractivity contribution in [1.82, 2.24) is 34.1 Å². The van der Waals surface area contributed by atoms with E-state index in [1.54, 1.807) is 0 Å². The summed E-state index contributed by atoms with van der Waals surface area (Å²) < 4.78 is 4.82. The first kappa shape index (κ1) is 58.0. The number of fused-ring (bicyclic) bond motifs is 8. The van der Waals surface area contributed by atoms with Crippen molar-refractivity contribution >= 4 is 65.7 Å². The molecule has 5 aromatic heterocycles. The van der Waals surface area contributed by atoms with E-state index in [0.717, 1.165) is 123 Å². The van der Waals surface area contributed by atoms with Crippen molar-refractivity contribution in [2.75, 3.05) is 0 Å². The molecule has 0 bridgehead atoms. The van der Waals surface area contributed by atoms with Gasteiger partial charge in [-0.2, -0.15) is 0 Å². The van der Waals surface area contributed by atoms with Crippen LogP contribution in [0.4, 0.5) is 0 Å². The lowest BCUT2D eigenvalue weighted by Crippen LogP contribution is -2.10. The summed E-state index contributed by atoms with van der Waals surface area (Å²) >= 11 is 0. The van der Waals surface area contributed by atoms with Crippen molar-refractivity contribution in [1.29, 1.82) is 0 Å². The summed E-state index contributed by atoms with van der Waals surface area (Å²) in [6.45, 7) is 27.5. The van der Waals surface area contributed by atoms with E-state index in [0.29, 0.717) is 0 Å². The van der Waals surface area contributed by atoms with Crippen LogP contribution in [-0.4, -0.2) is 34.1 Å². The zero-order valence-corrected chi connectivity index (χ0v) is 54.6. The predicted octanol–water partition coefficient (Wildman–Crippen LogP) is 22.4. The van der Waals surface area contributed by atoms with E-state index < -0.39 is 0 Å². The number of hydrogen-bond acceptors (Lipinski definition) is 5. The van der Waals surface area contributed by atoms with Crippen LogP contribution in [0.1, 0.15) is 105 Å². The van der Waals surface area contributed by atoms with E-state index in [9.17, 15) is 0 Å². The molecule has 0 saturated carbocycles. The van der Waals surface area contributed by atoms with Crippen LogP contribution in [0.3, 0.4) is 0 Å². The van der Waals surface area contributed by atoms with Crippen LogP contribution in [0.25, 0.3) is 144 Å². The molecule has 0 aliphatic carbocycles. The number of pyridine rings is 1. The van der Waals surface area contributed by atoms with Gasteiger partial charge in [-0.05, 0) is 123 Å². The highest BCUT2D eigenvalue weighted by Crippen LogP contribution is 2.45. The lowest BCUT2D eigenvalue weighted by Gasteiger charge is -2.20. The van der Waals surface area contributed by atoms with Gasteiger partial charge in [-0.15, -0.1) is 0 Å². The van der Waals surface area contributed by atoms with Gasteiger partial charge in [-0.25, -0.2) is 19.9 Å². The Morgan fingerprint density at radius 3 is 0.848 bits per heavy atom. The highest BCUT2D eigenvalue weighted by atomic mass is 15.0. The fourth-order valence-corrected chi connectivity index (χ4v) is 13.4. The van der Waals surface area contributed by atoms with Crippen LogP contribution >= 0.6 is 0 Å². The number of hydrogen-bond donors (Lipinski definition) is 0. The Kier molecular flexibility index (Phi) is 13.7. The normalized spacial score (nSPS) is 12.6. The Bertz CT molecular complexity index is 4900. The molecule has 450 valence electrons. The summed E-state index contributed by atoms with van der Waals surface area (Å²) in [5.41, 5.74) is 25.1. The molecule has 0 amide bonds. The summed E-state index contributed by atoms with van der Waals surface area (Å²) in [5, 5.41) is 4.85. The fraction of sp³-hybridized carbons (Fsp3) is 0.188. The van der Waals surface area contributed by atoms with Crippen molar-refractivity contribution in [2.45, 2.75) is 105 Å². The van der Waals surface area contributed by atoms with Gasteiger partial charge < -0.3 is 9.13 Å². The summed E-state index contributed by atoms with van der Waals surface area (Å²) in [6, 6.07) is 83.1.